The molecule has 0 fully saturated rings. The quantitative estimate of drug-likeness (QED) is 0.320. The first kappa shape index (κ1) is 17.6. The van der Waals surface area contributed by atoms with Gasteiger partial charge >= 0.3 is 11.7 Å². The van der Waals surface area contributed by atoms with Crippen LogP contribution in [-0.2, 0) is 4.79 Å². The second-order valence-electron chi connectivity index (χ2n) is 4.75. The molecule has 5 N–H and O–H groups in total. The number of carbonyl (C=O) groups is 2. The number of aromatic amines is 2. The molecule has 0 saturated carbocycles. The van der Waals surface area contributed by atoms with Crippen LogP contribution in [0.25, 0.3) is 0 Å². The van der Waals surface area contributed by atoms with Crippen molar-refractivity contribution in [2.75, 3.05) is 11.9 Å². The minimum absolute atomic E-state index is 0.00946. The molecule has 11 heteroatoms. The number of carboxylic acid groups (broad SMARTS) is 1. The van der Waals surface area contributed by atoms with Crippen molar-refractivity contribution in [1.29, 1.82) is 0 Å². The Morgan fingerprint density at radius 1 is 1.24 bits per heavy atom. The Kier molecular flexibility index (Phi) is 5.77. The summed E-state index contributed by atoms with van der Waals surface area (Å²) in [7, 11) is 0. The van der Waals surface area contributed by atoms with E-state index in [1.165, 1.54) is 18.3 Å². The fourth-order valence-corrected chi connectivity index (χ4v) is 1.71. The Bertz CT molecular complexity index is 899. The monoisotopic (exact) mass is 346 g/mol. The summed E-state index contributed by atoms with van der Waals surface area (Å²) in [5.74, 6) is -1.54. The van der Waals surface area contributed by atoms with Crippen LogP contribution in [0, 0.1) is 0 Å². The molecule has 2 rings (SSSR count). The third-order valence-electron chi connectivity index (χ3n) is 2.92. The van der Waals surface area contributed by atoms with Crippen LogP contribution in [0.15, 0.2) is 39.0 Å². The Labute approximate surface area is 139 Å². The van der Waals surface area contributed by atoms with E-state index in [9.17, 15) is 19.2 Å². The molecule has 0 aliphatic rings. The fourth-order valence-electron chi connectivity index (χ4n) is 1.71. The van der Waals surface area contributed by atoms with Gasteiger partial charge in [-0.15, -0.1) is 5.10 Å². The summed E-state index contributed by atoms with van der Waals surface area (Å²) < 4.78 is 0. The molecule has 0 aliphatic carbocycles. The van der Waals surface area contributed by atoms with Crippen molar-refractivity contribution < 1.29 is 14.7 Å². The van der Waals surface area contributed by atoms with E-state index < -0.39 is 23.1 Å². The van der Waals surface area contributed by atoms with E-state index in [2.05, 4.69) is 26.0 Å². The van der Waals surface area contributed by atoms with E-state index in [1.54, 1.807) is 12.1 Å². The van der Waals surface area contributed by atoms with E-state index >= 15 is 0 Å². The van der Waals surface area contributed by atoms with Crippen molar-refractivity contribution in [1.82, 2.24) is 20.6 Å². The Hall–Kier alpha value is -3.76. The van der Waals surface area contributed by atoms with Crippen LogP contribution in [0.4, 0.5) is 5.82 Å². The van der Waals surface area contributed by atoms with Crippen LogP contribution in [0.2, 0.25) is 0 Å². The minimum Gasteiger partial charge on any atom is -0.478 e. The highest BCUT2D eigenvalue weighted by Gasteiger charge is 2.04. The number of hydrogen-bond donors (Lipinski definition) is 5. The summed E-state index contributed by atoms with van der Waals surface area (Å²) in [6, 6.07) is 5.94. The molecule has 1 aromatic carbocycles. The minimum atomic E-state index is -1.03. The molecule has 0 bridgehead atoms. The lowest BCUT2D eigenvalue weighted by Crippen LogP contribution is -2.28. The second kappa shape index (κ2) is 8.19. The summed E-state index contributed by atoms with van der Waals surface area (Å²) in [5, 5.41) is 20.7. The highest BCUT2D eigenvalue weighted by molar-refractivity contribution is 5.89. The zero-order valence-corrected chi connectivity index (χ0v) is 12.8. The first-order chi connectivity index (χ1) is 12.0. The first-order valence-corrected chi connectivity index (χ1v) is 7.04. The van der Waals surface area contributed by atoms with E-state index in [0.29, 0.717) is 5.56 Å². The van der Waals surface area contributed by atoms with E-state index in [4.69, 9.17) is 5.11 Å². The molecule has 1 aromatic heterocycles. The van der Waals surface area contributed by atoms with Crippen LogP contribution < -0.4 is 22.0 Å². The van der Waals surface area contributed by atoms with Gasteiger partial charge in [0.15, 0.2) is 0 Å². The molecule has 130 valence electrons. The van der Waals surface area contributed by atoms with Gasteiger partial charge in [0.25, 0.3) is 5.56 Å². The summed E-state index contributed by atoms with van der Waals surface area (Å²) in [4.78, 5) is 46.5. The van der Waals surface area contributed by atoms with Crippen molar-refractivity contribution in [2.24, 2.45) is 5.10 Å². The lowest BCUT2D eigenvalue weighted by atomic mass is 10.1. The normalized spacial score (nSPS) is 10.6. The Balaban J connectivity index is 1.77. The standard InChI is InChI=1S/C14H14N6O5/c21-10(5-6-15-11-12(22)17-14(25)20-19-11)18-16-7-8-1-3-9(4-2-8)13(23)24/h1-4,7H,5-6H2,(H,15,19)(H,18,21)(H,23,24)(H2,17,20,22,25)/b16-7+. The summed E-state index contributed by atoms with van der Waals surface area (Å²) >= 11 is 0. The zero-order chi connectivity index (χ0) is 18.2. The van der Waals surface area contributed by atoms with E-state index in [1.807, 2.05) is 4.98 Å². The lowest BCUT2D eigenvalue weighted by molar-refractivity contribution is -0.120. The molecular formula is C14H14N6O5. The number of amides is 1. The average molecular weight is 346 g/mol. The predicted molar refractivity (Wildman–Crippen MR) is 87.7 cm³/mol. The molecule has 2 aromatic rings. The molecule has 11 nitrogen and oxygen atoms in total. The number of anilines is 1. The van der Waals surface area contributed by atoms with Crippen molar-refractivity contribution in [2.45, 2.75) is 6.42 Å². The number of benzene rings is 1. The summed E-state index contributed by atoms with van der Waals surface area (Å²) in [6.45, 7) is 0.108. The van der Waals surface area contributed by atoms with Crippen molar-refractivity contribution in [3.8, 4) is 0 Å². The topological polar surface area (TPSA) is 169 Å². The van der Waals surface area contributed by atoms with E-state index in [-0.39, 0.29) is 24.3 Å². The highest BCUT2D eigenvalue weighted by Crippen LogP contribution is 2.02. The molecule has 1 heterocycles. The fraction of sp³-hybridized carbons (Fsp3) is 0.143. The number of aromatic carboxylic acids is 1. The zero-order valence-electron chi connectivity index (χ0n) is 12.8. The van der Waals surface area contributed by atoms with Crippen LogP contribution in [0.5, 0.6) is 0 Å². The largest absolute Gasteiger partial charge is 0.478 e. The maximum Gasteiger partial charge on any atom is 0.342 e. The van der Waals surface area contributed by atoms with Gasteiger partial charge in [-0.3, -0.25) is 14.6 Å². The van der Waals surface area contributed by atoms with Gasteiger partial charge < -0.3 is 10.4 Å². The van der Waals surface area contributed by atoms with Crippen LogP contribution in [-0.4, -0.2) is 44.9 Å². The number of aromatic nitrogens is 3. The first-order valence-electron chi connectivity index (χ1n) is 7.04. The molecular weight excluding hydrogens is 332 g/mol. The van der Waals surface area contributed by atoms with Gasteiger partial charge in [-0.2, -0.15) is 5.10 Å². The van der Waals surface area contributed by atoms with Gasteiger partial charge in [0.2, 0.25) is 11.7 Å². The molecule has 0 aliphatic heterocycles. The van der Waals surface area contributed by atoms with Crippen LogP contribution >= 0.6 is 0 Å². The van der Waals surface area contributed by atoms with Crippen LogP contribution in [0.3, 0.4) is 0 Å². The number of H-pyrrole nitrogens is 2. The molecule has 25 heavy (non-hydrogen) atoms. The third kappa shape index (κ3) is 5.42. The SMILES string of the molecule is O=C(CCNc1n[nH]c(=O)[nH]c1=O)N/N=C/c1ccc(C(=O)O)cc1. The number of nitrogens with one attached hydrogen (secondary N) is 4. The summed E-state index contributed by atoms with van der Waals surface area (Å²) in [6.07, 6.45) is 1.38. The maximum absolute atomic E-state index is 11.6. The Morgan fingerprint density at radius 3 is 2.60 bits per heavy atom. The van der Waals surface area contributed by atoms with Gasteiger partial charge in [0.1, 0.15) is 0 Å². The Morgan fingerprint density at radius 2 is 1.96 bits per heavy atom. The number of hydrazone groups is 1. The van der Waals surface area contributed by atoms with Crippen molar-refractivity contribution in [3.05, 3.63) is 56.2 Å². The van der Waals surface area contributed by atoms with Crippen molar-refractivity contribution in [3.63, 3.8) is 0 Å². The molecule has 0 saturated heterocycles. The van der Waals surface area contributed by atoms with Crippen molar-refractivity contribution >= 4 is 23.9 Å². The molecule has 1 amide bonds. The van der Waals surface area contributed by atoms with Gasteiger partial charge in [0, 0.05) is 13.0 Å². The molecule has 0 spiro atoms. The lowest BCUT2D eigenvalue weighted by Gasteiger charge is -2.02. The molecule has 0 unspecified atom stereocenters. The van der Waals surface area contributed by atoms with Gasteiger partial charge in [-0.25, -0.2) is 20.1 Å². The third-order valence-corrected chi connectivity index (χ3v) is 2.92. The summed E-state index contributed by atoms with van der Waals surface area (Å²) in [5.41, 5.74) is 1.65. The van der Waals surface area contributed by atoms with Gasteiger partial charge in [-0.05, 0) is 17.7 Å². The second-order valence-corrected chi connectivity index (χ2v) is 4.75. The molecule has 0 atom stereocenters. The average Bonchev–Trinajstić information content (AvgIpc) is 2.57. The van der Waals surface area contributed by atoms with Crippen LogP contribution in [0.1, 0.15) is 22.3 Å². The van der Waals surface area contributed by atoms with E-state index in [0.717, 1.165) is 0 Å². The highest BCUT2D eigenvalue weighted by atomic mass is 16.4. The number of hydrogen-bond acceptors (Lipinski definition) is 7. The predicted octanol–water partition coefficient (Wildman–Crippen LogP) is -0.891. The smallest absolute Gasteiger partial charge is 0.342 e. The number of rotatable bonds is 7. The maximum atomic E-state index is 11.6. The molecule has 0 radical (unpaired) electrons. The number of carboxylic acids is 1. The van der Waals surface area contributed by atoms with Gasteiger partial charge in [-0.1, -0.05) is 12.1 Å². The van der Waals surface area contributed by atoms with Gasteiger partial charge in [0.05, 0.1) is 11.8 Å². The number of nitrogens with zero attached hydrogens (tertiary/aromatic N) is 2. The number of carbonyl (C=O) groups excluding carboxylic acids is 1.